The van der Waals surface area contributed by atoms with Crippen LogP contribution in [0.25, 0.3) is 0 Å². The first-order valence-corrected chi connectivity index (χ1v) is 12.1. The van der Waals surface area contributed by atoms with Gasteiger partial charge in [0.15, 0.2) is 0 Å². The maximum atomic E-state index is 13.2. The van der Waals surface area contributed by atoms with Gasteiger partial charge in [-0.05, 0) is 62.6 Å². The number of hydrogen-bond acceptors (Lipinski definition) is 7. The molecule has 8 nitrogen and oxygen atoms in total. The molecule has 0 atom stereocenters. The minimum absolute atomic E-state index is 0.258. The molecule has 0 fully saturated rings. The van der Waals surface area contributed by atoms with Crippen molar-refractivity contribution >= 4 is 29.4 Å². The molecule has 0 radical (unpaired) electrons. The van der Waals surface area contributed by atoms with Crippen molar-refractivity contribution < 1.29 is 9.53 Å². The van der Waals surface area contributed by atoms with E-state index in [0.29, 0.717) is 30.5 Å². The zero-order chi connectivity index (χ0) is 25.0. The molecule has 35 heavy (non-hydrogen) atoms. The third-order valence-electron chi connectivity index (χ3n) is 5.25. The van der Waals surface area contributed by atoms with Gasteiger partial charge in [-0.25, -0.2) is 4.98 Å². The first kappa shape index (κ1) is 25.8. The Morgan fingerprint density at radius 2 is 1.91 bits per heavy atom. The van der Waals surface area contributed by atoms with Gasteiger partial charge in [-0.3, -0.25) is 14.8 Å². The summed E-state index contributed by atoms with van der Waals surface area (Å²) in [5.74, 6) is 0.553. The van der Waals surface area contributed by atoms with Gasteiger partial charge in [0.25, 0.3) is 5.91 Å². The molecule has 1 aromatic carbocycles. The van der Waals surface area contributed by atoms with E-state index < -0.39 is 0 Å². The molecule has 3 aromatic rings. The molecule has 1 N–H and O–H groups in total. The Labute approximate surface area is 207 Å². The summed E-state index contributed by atoms with van der Waals surface area (Å²) in [6.45, 7) is 10.0. The number of ether oxygens (including phenoxy) is 1. The smallest absolute Gasteiger partial charge is 0.274 e. The zero-order valence-electron chi connectivity index (χ0n) is 21.0. The normalized spacial score (nSPS) is 11.0. The number of nitrogens with one attached hydrogen (secondary N) is 1. The predicted octanol–water partition coefficient (Wildman–Crippen LogP) is 5.40. The second-order valence-corrected chi connectivity index (χ2v) is 8.14. The Balaban J connectivity index is 1.83. The molecule has 8 heteroatoms. The summed E-state index contributed by atoms with van der Waals surface area (Å²) in [6, 6.07) is 13.0. The number of nitrogens with zero attached hydrogens (tertiary/aromatic N) is 5. The number of amides is 1. The van der Waals surface area contributed by atoms with Gasteiger partial charge in [-0.15, -0.1) is 0 Å². The summed E-state index contributed by atoms with van der Waals surface area (Å²) < 4.78 is 5.95. The van der Waals surface area contributed by atoms with E-state index in [-0.39, 0.29) is 11.6 Å². The summed E-state index contributed by atoms with van der Waals surface area (Å²) >= 11 is 0. The van der Waals surface area contributed by atoms with E-state index in [1.165, 1.54) is 0 Å². The van der Waals surface area contributed by atoms with Crippen LogP contribution in [-0.2, 0) is 6.42 Å². The molecule has 2 heterocycles. The fraction of sp³-hybridized carbons (Fsp3) is 0.370. The number of benzene rings is 1. The third kappa shape index (κ3) is 7.60. The highest BCUT2D eigenvalue weighted by molar-refractivity contribution is 6.03. The number of carbonyl (C=O) groups is 1. The minimum atomic E-state index is -0.317. The fourth-order valence-electron chi connectivity index (χ4n) is 3.61. The van der Waals surface area contributed by atoms with Crippen molar-refractivity contribution in [2.75, 3.05) is 29.9 Å². The predicted molar refractivity (Wildman–Crippen MR) is 141 cm³/mol. The number of hydrogen-bond donors (Lipinski definition) is 1. The second-order valence-electron chi connectivity index (χ2n) is 8.14. The van der Waals surface area contributed by atoms with Gasteiger partial charge in [-0.1, -0.05) is 19.9 Å². The Bertz CT molecular complexity index is 1130. The van der Waals surface area contributed by atoms with E-state index in [0.717, 1.165) is 42.9 Å². The number of aromatic nitrogens is 3. The van der Waals surface area contributed by atoms with Crippen LogP contribution < -0.4 is 15.0 Å². The summed E-state index contributed by atoms with van der Waals surface area (Å²) in [4.78, 5) is 33.1. The summed E-state index contributed by atoms with van der Waals surface area (Å²) in [6.07, 6.45) is 6.04. The Morgan fingerprint density at radius 3 is 2.57 bits per heavy atom. The quantitative estimate of drug-likeness (QED) is 0.353. The van der Waals surface area contributed by atoms with Crippen molar-refractivity contribution in [3.63, 3.8) is 0 Å². The molecule has 3 rings (SSSR count). The summed E-state index contributed by atoms with van der Waals surface area (Å²) in [5, 5.41) is 2.94. The topological polar surface area (TPSA) is 92.6 Å². The van der Waals surface area contributed by atoms with E-state index in [1.54, 1.807) is 18.5 Å². The largest absolute Gasteiger partial charge is 0.477 e. The van der Waals surface area contributed by atoms with Gasteiger partial charge in [-0.2, -0.15) is 4.98 Å². The lowest BCUT2D eigenvalue weighted by molar-refractivity contribution is 0.102. The van der Waals surface area contributed by atoms with Gasteiger partial charge < -0.3 is 15.0 Å². The van der Waals surface area contributed by atoms with Crippen LogP contribution in [0.4, 0.5) is 17.3 Å². The fourth-order valence-corrected chi connectivity index (χ4v) is 3.61. The highest BCUT2D eigenvalue weighted by Crippen LogP contribution is 2.23. The minimum Gasteiger partial charge on any atom is -0.477 e. The van der Waals surface area contributed by atoms with Crippen molar-refractivity contribution in [1.29, 1.82) is 0 Å². The van der Waals surface area contributed by atoms with Gasteiger partial charge in [0.2, 0.25) is 11.8 Å². The molecular formula is C27H34N6O2. The summed E-state index contributed by atoms with van der Waals surface area (Å²) in [7, 11) is 0. The van der Waals surface area contributed by atoms with E-state index in [4.69, 9.17) is 4.74 Å². The van der Waals surface area contributed by atoms with Crippen LogP contribution in [0.1, 0.15) is 55.4 Å². The lowest BCUT2D eigenvalue weighted by Gasteiger charge is -2.22. The highest BCUT2D eigenvalue weighted by atomic mass is 16.5. The van der Waals surface area contributed by atoms with E-state index >= 15 is 0 Å². The van der Waals surface area contributed by atoms with Crippen LogP contribution in [0.3, 0.4) is 0 Å². The zero-order valence-corrected chi connectivity index (χ0v) is 21.0. The maximum absolute atomic E-state index is 13.2. The van der Waals surface area contributed by atoms with Gasteiger partial charge >= 0.3 is 0 Å². The lowest BCUT2D eigenvalue weighted by atomic mass is 10.2. The van der Waals surface area contributed by atoms with E-state index in [9.17, 15) is 4.79 Å². The molecular weight excluding hydrogens is 440 g/mol. The molecule has 0 saturated carbocycles. The SMILES string of the molecule is CC=Nc1ccc(NC(=O)c2cc(OCCc3ccccn3)nc(N(CCC)CCC)n2)cc1C. The van der Waals surface area contributed by atoms with Crippen LogP contribution >= 0.6 is 0 Å². The molecule has 1 amide bonds. The Morgan fingerprint density at radius 1 is 1.11 bits per heavy atom. The molecule has 0 bridgehead atoms. The van der Waals surface area contributed by atoms with Crippen LogP contribution in [0, 0.1) is 6.92 Å². The van der Waals surface area contributed by atoms with Gasteiger partial charge in [0, 0.05) is 49.4 Å². The van der Waals surface area contributed by atoms with Gasteiger partial charge in [0.05, 0.1) is 12.3 Å². The standard InChI is InChI=1S/C27H34N6O2/c1-5-15-33(16-6-2)27-31-24(19-25(32-27)35-17-13-21-10-8-9-14-29-21)26(34)30-22-11-12-23(28-7-3)20(4)18-22/h7-12,14,18-19H,5-6,13,15-17H2,1-4H3,(H,30,34). The number of pyridine rings is 1. The Kier molecular flexibility index (Phi) is 9.71. The van der Waals surface area contributed by atoms with Crippen molar-refractivity contribution in [1.82, 2.24) is 15.0 Å². The number of aryl methyl sites for hydroxylation is 1. The van der Waals surface area contributed by atoms with Crippen LogP contribution in [0.15, 0.2) is 53.7 Å². The second kappa shape index (κ2) is 13.2. The molecule has 184 valence electrons. The van der Waals surface area contributed by atoms with Crippen molar-refractivity contribution in [3.8, 4) is 5.88 Å². The molecule has 0 saturated heterocycles. The maximum Gasteiger partial charge on any atom is 0.274 e. The molecule has 0 aliphatic rings. The number of carbonyl (C=O) groups excluding carboxylic acids is 1. The van der Waals surface area contributed by atoms with Crippen molar-refractivity contribution in [2.24, 2.45) is 4.99 Å². The monoisotopic (exact) mass is 474 g/mol. The lowest BCUT2D eigenvalue weighted by Crippen LogP contribution is -2.28. The Hall–Kier alpha value is -3.81. The number of aliphatic imine (C=N–C) groups is 1. The van der Waals surface area contributed by atoms with Crippen molar-refractivity contribution in [2.45, 2.75) is 47.0 Å². The van der Waals surface area contributed by atoms with E-state index in [1.807, 2.05) is 50.2 Å². The molecule has 0 aliphatic heterocycles. The molecule has 0 spiro atoms. The third-order valence-corrected chi connectivity index (χ3v) is 5.25. The van der Waals surface area contributed by atoms with Crippen LogP contribution in [0.5, 0.6) is 5.88 Å². The average molecular weight is 475 g/mol. The number of rotatable bonds is 12. The van der Waals surface area contributed by atoms with Crippen LogP contribution in [0.2, 0.25) is 0 Å². The number of anilines is 2. The highest BCUT2D eigenvalue weighted by Gasteiger charge is 2.17. The van der Waals surface area contributed by atoms with Crippen LogP contribution in [-0.4, -0.2) is 46.8 Å². The average Bonchev–Trinajstić information content (AvgIpc) is 2.86. The van der Waals surface area contributed by atoms with Gasteiger partial charge in [0.1, 0.15) is 5.69 Å². The summed E-state index contributed by atoms with van der Waals surface area (Å²) in [5.41, 5.74) is 3.71. The molecule has 0 unspecified atom stereocenters. The first-order chi connectivity index (χ1) is 17.0. The molecule has 2 aromatic heterocycles. The first-order valence-electron chi connectivity index (χ1n) is 12.1. The van der Waals surface area contributed by atoms with E-state index in [2.05, 4.69) is 44.0 Å². The molecule has 0 aliphatic carbocycles. The van der Waals surface area contributed by atoms with Crippen molar-refractivity contribution in [3.05, 3.63) is 65.6 Å².